The number of rotatable bonds is 4. The molecule has 0 saturated carbocycles. The number of hydrogen-bond donors (Lipinski definition) is 5. The molecule has 35 heavy (non-hydrogen) atoms. The molecular formula is C25H22O10. The van der Waals surface area contributed by atoms with Crippen LogP contribution in [-0.4, -0.2) is 57.2 Å². The molecule has 0 radical (unpaired) electrons. The topological polar surface area (TPSA) is 155 Å². The predicted octanol–water partition coefficient (Wildman–Crippen LogP) is 2.36. The van der Waals surface area contributed by atoms with Crippen LogP contribution in [0.4, 0.5) is 0 Å². The lowest BCUT2D eigenvalue weighted by atomic mass is 9.92. The lowest BCUT2D eigenvalue weighted by molar-refractivity contribution is -0.0130. The number of aliphatic hydroxyl groups is 2. The molecule has 0 aromatic heterocycles. The van der Waals surface area contributed by atoms with E-state index in [0.29, 0.717) is 16.9 Å². The highest BCUT2D eigenvalue weighted by molar-refractivity contribution is 6.05. The van der Waals surface area contributed by atoms with Crippen molar-refractivity contribution in [1.29, 1.82) is 0 Å². The van der Waals surface area contributed by atoms with Crippen LogP contribution < -0.4 is 18.9 Å². The van der Waals surface area contributed by atoms with Gasteiger partial charge in [0.25, 0.3) is 0 Å². The quantitative estimate of drug-likeness (QED) is 0.374. The monoisotopic (exact) mass is 482 g/mol. The first-order valence-corrected chi connectivity index (χ1v) is 10.7. The van der Waals surface area contributed by atoms with Gasteiger partial charge in [0.15, 0.2) is 47.4 Å². The van der Waals surface area contributed by atoms with Crippen molar-refractivity contribution in [3.8, 4) is 40.2 Å². The summed E-state index contributed by atoms with van der Waals surface area (Å²) in [5.41, 5.74) is 0.751. The number of aliphatic hydroxyl groups excluding tert-OH is 2. The number of ether oxygens (including phenoxy) is 4. The zero-order chi connectivity index (χ0) is 24.9. The predicted molar refractivity (Wildman–Crippen MR) is 119 cm³/mol. The van der Waals surface area contributed by atoms with Crippen molar-refractivity contribution >= 4 is 5.78 Å². The van der Waals surface area contributed by atoms with Gasteiger partial charge in [-0.05, 0) is 29.8 Å². The van der Waals surface area contributed by atoms with Crippen molar-refractivity contribution in [2.75, 3.05) is 13.7 Å². The molecule has 10 nitrogen and oxygen atoms in total. The summed E-state index contributed by atoms with van der Waals surface area (Å²) in [6.45, 7) is -0.349. The molecule has 2 aliphatic heterocycles. The Hall–Kier alpha value is -4.15. The van der Waals surface area contributed by atoms with Crippen molar-refractivity contribution in [1.82, 2.24) is 0 Å². The summed E-state index contributed by atoms with van der Waals surface area (Å²) < 4.78 is 23.0. The third-order valence-corrected chi connectivity index (χ3v) is 6.00. The fourth-order valence-corrected chi connectivity index (χ4v) is 4.28. The number of fused-ring (bicyclic) bond motifs is 2. The highest BCUT2D eigenvalue weighted by Crippen LogP contribution is 2.45. The molecule has 2 heterocycles. The van der Waals surface area contributed by atoms with E-state index >= 15 is 0 Å². The molecule has 5 N–H and O–H groups in total. The highest BCUT2D eigenvalue weighted by atomic mass is 16.6. The zero-order valence-electron chi connectivity index (χ0n) is 18.4. The van der Waals surface area contributed by atoms with Crippen LogP contribution in [0.3, 0.4) is 0 Å². The van der Waals surface area contributed by atoms with Gasteiger partial charge in [-0.2, -0.15) is 0 Å². The summed E-state index contributed by atoms with van der Waals surface area (Å²) in [5.74, 6) is -0.823. The van der Waals surface area contributed by atoms with Crippen LogP contribution in [0.1, 0.15) is 33.7 Å². The van der Waals surface area contributed by atoms with Gasteiger partial charge < -0.3 is 44.5 Å². The first-order chi connectivity index (χ1) is 16.8. The second-order valence-corrected chi connectivity index (χ2v) is 8.20. The number of Topliss-reactive ketones (excluding diaryl/α,β-unsaturated/α-hetero) is 1. The van der Waals surface area contributed by atoms with E-state index in [-0.39, 0.29) is 40.9 Å². The number of aromatic hydroxyl groups is 3. The minimum absolute atomic E-state index is 0.0540. The maximum atomic E-state index is 12.7. The van der Waals surface area contributed by atoms with Gasteiger partial charge in [0.2, 0.25) is 5.78 Å². The Morgan fingerprint density at radius 2 is 1.54 bits per heavy atom. The van der Waals surface area contributed by atoms with E-state index in [4.69, 9.17) is 18.9 Å². The summed E-state index contributed by atoms with van der Waals surface area (Å²) in [5, 5.41) is 50.2. The number of carbonyl (C=O) groups excluding carboxylic acids is 1. The second-order valence-electron chi connectivity index (χ2n) is 8.20. The first kappa shape index (κ1) is 22.6. The van der Waals surface area contributed by atoms with E-state index in [1.54, 1.807) is 30.3 Å². The van der Waals surface area contributed by atoms with Crippen LogP contribution in [0.15, 0.2) is 48.5 Å². The average molecular weight is 482 g/mol. The van der Waals surface area contributed by atoms with E-state index in [1.165, 1.54) is 19.2 Å². The van der Waals surface area contributed by atoms with Crippen LogP contribution in [0.2, 0.25) is 0 Å². The van der Waals surface area contributed by atoms with Gasteiger partial charge in [0, 0.05) is 17.7 Å². The first-order valence-electron chi connectivity index (χ1n) is 10.7. The molecule has 10 heteroatoms. The summed E-state index contributed by atoms with van der Waals surface area (Å²) >= 11 is 0. The Kier molecular flexibility index (Phi) is 5.54. The maximum Gasteiger partial charge on any atom is 0.202 e. The molecule has 3 aromatic carbocycles. The SMILES string of the molecule is COc1cc(C2Oc3cc([C@H]4Oc5cc(O)cc(O)c5C(=O)[C@@H]4O)ccc3O[C@H]2CO)ccc1O. The Balaban J connectivity index is 1.49. The second kappa shape index (κ2) is 8.57. The zero-order valence-corrected chi connectivity index (χ0v) is 18.4. The van der Waals surface area contributed by atoms with Crippen LogP contribution >= 0.6 is 0 Å². The molecule has 1 unspecified atom stereocenters. The maximum absolute atomic E-state index is 12.7. The van der Waals surface area contributed by atoms with Gasteiger partial charge in [-0.25, -0.2) is 0 Å². The number of ketones is 1. The van der Waals surface area contributed by atoms with Gasteiger partial charge in [-0.3, -0.25) is 4.79 Å². The Morgan fingerprint density at radius 3 is 2.29 bits per heavy atom. The van der Waals surface area contributed by atoms with Crippen molar-refractivity contribution < 1.29 is 49.3 Å². The molecule has 5 rings (SSSR count). The van der Waals surface area contributed by atoms with Gasteiger partial charge >= 0.3 is 0 Å². The van der Waals surface area contributed by atoms with Crippen LogP contribution in [0.5, 0.6) is 40.2 Å². The molecule has 182 valence electrons. The Morgan fingerprint density at radius 1 is 0.829 bits per heavy atom. The minimum Gasteiger partial charge on any atom is -0.508 e. The van der Waals surface area contributed by atoms with Crippen molar-refractivity contribution in [2.24, 2.45) is 0 Å². The van der Waals surface area contributed by atoms with Crippen LogP contribution in [0.25, 0.3) is 0 Å². The summed E-state index contributed by atoms with van der Waals surface area (Å²) in [6, 6.07) is 11.5. The fourth-order valence-electron chi connectivity index (χ4n) is 4.28. The van der Waals surface area contributed by atoms with Crippen molar-refractivity contribution in [3.05, 3.63) is 65.2 Å². The van der Waals surface area contributed by atoms with Crippen molar-refractivity contribution in [2.45, 2.75) is 24.4 Å². The number of methoxy groups -OCH3 is 1. The normalized spacial score (nSPS) is 22.8. The van der Waals surface area contributed by atoms with Gasteiger partial charge in [0.1, 0.15) is 22.8 Å². The Bertz CT molecular complexity index is 1300. The van der Waals surface area contributed by atoms with E-state index < -0.39 is 35.9 Å². The highest BCUT2D eigenvalue weighted by Gasteiger charge is 2.40. The van der Waals surface area contributed by atoms with E-state index in [1.807, 2.05) is 0 Å². The molecule has 0 amide bonds. The molecule has 0 aliphatic carbocycles. The van der Waals surface area contributed by atoms with Crippen molar-refractivity contribution in [3.63, 3.8) is 0 Å². The third-order valence-electron chi connectivity index (χ3n) is 6.00. The van der Waals surface area contributed by atoms with Crippen LogP contribution in [0, 0.1) is 0 Å². The van der Waals surface area contributed by atoms with E-state index in [9.17, 15) is 30.3 Å². The Labute approximate surface area is 199 Å². The minimum atomic E-state index is -1.62. The van der Waals surface area contributed by atoms with Crippen LogP contribution in [-0.2, 0) is 0 Å². The number of carbonyl (C=O) groups is 1. The standard InChI is InChI=1S/C25H22O10/c1-32-17-6-11(2-4-14(17)28)24-20(10-26)33-16-5-3-12(7-18(16)34-24)25-23(31)22(30)21-15(29)8-13(27)9-19(21)35-25/h2-9,20,23-29,31H,10H2,1H3/t20-,23-,24?,25+/m0/s1. The fraction of sp³-hybridized carbons (Fsp3) is 0.240. The molecule has 0 fully saturated rings. The summed E-state index contributed by atoms with van der Waals surface area (Å²) in [7, 11) is 1.41. The molecular weight excluding hydrogens is 460 g/mol. The smallest absolute Gasteiger partial charge is 0.202 e. The number of phenolic OH excluding ortho intramolecular Hbond substituents is 3. The van der Waals surface area contributed by atoms with E-state index in [0.717, 1.165) is 6.07 Å². The van der Waals surface area contributed by atoms with Gasteiger partial charge in [-0.1, -0.05) is 12.1 Å². The summed E-state index contributed by atoms with van der Waals surface area (Å²) in [4.78, 5) is 12.7. The molecule has 2 aliphatic rings. The number of benzene rings is 3. The summed E-state index contributed by atoms with van der Waals surface area (Å²) in [6.07, 6.45) is -4.28. The molecule has 3 aromatic rings. The number of phenols is 3. The molecule has 0 saturated heterocycles. The molecule has 0 bridgehead atoms. The molecule has 4 atom stereocenters. The average Bonchev–Trinajstić information content (AvgIpc) is 2.85. The van der Waals surface area contributed by atoms with E-state index in [2.05, 4.69) is 0 Å². The lowest BCUT2D eigenvalue weighted by Gasteiger charge is -2.35. The van der Waals surface area contributed by atoms with Gasteiger partial charge in [-0.15, -0.1) is 0 Å². The largest absolute Gasteiger partial charge is 0.508 e. The lowest BCUT2D eigenvalue weighted by Crippen LogP contribution is -2.37. The number of hydrogen-bond acceptors (Lipinski definition) is 10. The van der Waals surface area contributed by atoms with Gasteiger partial charge in [0.05, 0.1) is 13.7 Å². The third kappa shape index (κ3) is 3.82. The molecule has 0 spiro atoms.